The largest absolute Gasteiger partial charge is 0.477 e. The minimum atomic E-state index is -0.806. The van der Waals surface area contributed by atoms with E-state index in [9.17, 15) is 9.59 Å². The van der Waals surface area contributed by atoms with Crippen LogP contribution in [0.5, 0.6) is 5.88 Å². The van der Waals surface area contributed by atoms with E-state index in [1.165, 1.54) is 43.9 Å². The summed E-state index contributed by atoms with van der Waals surface area (Å²) < 4.78 is 12.8. The van der Waals surface area contributed by atoms with E-state index in [1.807, 2.05) is 13.8 Å². The predicted octanol–water partition coefficient (Wildman–Crippen LogP) is 2.45. The van der Waals surface area contributed by atoms with Gasteiger partial charge < -0.3 is 25.8 Å². The smallest absolute Gasteiger partial charge is 0.258 e. The van der Waals surface area contributed by atoms with Crippen LogP contribution < -0.4 is 21.1 Å². The standard InChI is InChI=1S/C25H39N5O4.ClH/c1-15(2)14-34-25-20(13-28-30(25)7-4-21(33-3)24(32)27-6-5-26)23(31)29-22-18-9-16-8-17(11-18)12-19(22)10-16;/h4,7,13,15-19,21-22H,5-6,8-12,14,26H2,1-3H3,(H,27,32)(H,29,31);1H/b7-4+;. The first-order chi connectivity index (χ1) is 16.4. The molecule has 4 aliphatic rings. The highest BCUT2D eigenvalue weighted by molar-refractivity contribution is 5.96. The average Bonchev–Trinajstić information content (AvgIpc) is 3.21. The number of rotatable bonds is 11. The highest BCUT2D eigenvalue weighted by Crippen LogP contribution is 2.53. The van der Waals surface area contributed by atoms with Crippen molar-refractivity contribution in [1.82, 2.24) is 20.4 Å². The highest BCUT2D eigenvalue weighted by atomic mass is 35.5. The molecule has 0 spiro atoms. The Kier molecular flexibility index (Phi) is 9.61. The number of ether oxygens (including phenoxy) is 2. The van der Waals surface area contributed by atoms with E-state index in [0.717, 1.165) is 11.8 Å². The molecular formula is C25H40ClN5O4. The lowest BCUT2D eigenvalue weighted by atomic mass is 9.54. The van der Waals surface area contributed by atoms with Gasteiger partial charge in [-0.2, -0.15) is 5.10 Å². The summed E-state index contributed by atoms with van der Waals surface area (Å²) in [7, 11) is 1.46. The summed E-state index contributed by atoms with van der Waals surface area (Å²) >= 11 is 0. The van der Waals surface area contributed by atoms with Crippen LogP contribution in [0.25, 0.3) is 6.20 Å². The molecule has 4 N–H and O–H groups in total. The molecule has 0 saturated heterocycles. The van der Waals surface area contributed by atoms with Crippen molar-refractivity contribution in [3.8, 4) is 5.88 Å². The summed E-state index contributed by atoms with van der Waals surface area (Å²) in [6.07, 6.45) is 10.3. The lowest BCUT2D eigenvalue weighted by Gasteiger charge is -2.54. The van der Waals surface area contributed by atoms with Crippen molar-refractivity contribution in [3.63, 3.8) is 0 Å². The monoisotopic (exact) mass is 509 g/mol. The van der Waals surface area contributed by atoms with Gasteiger partial charge in [0.1, 0.15) is 5.56 Å². The molecule has 4 fully saturated rings. The van der Waals surface area contributed by atoms with E-state index < -0.39 is 6.10 Å². The van der Waals surface area contributed by atoms with Gasteiger partial charge in [-0.1, -0.05) is 13.8 Å². The first-order valence-corrected chi connectivity index (χ1v) is 12.6. The first kappa shape index (κ1) is 27.5. The molecular weight excluding hydrogens is 470 g/mol. The maximum absolute atomic E-state index is 13.4. The topological polar surface area (TPSA) is 121 Å². The number of nitrogens with zero attached hydrogens (tertiary/aromatic N) is 2. The number of halogens is 1. The molecule has 4 bridgehead atoms. The molecule has 4 saturated carbocycles. The molecule has 10 heteroatoms. The van der Waals surface area contributed by atoms with Crippen molar-refractivity contribution >= 4 is 30.4 Å². The third-order valence-electron chi connectivity index (χ3n) is 7.43. The summed E-state index contributed by atoms with van der Waals surface area (Å²) in [5, 5.41) is 10.4. The van der Waals surface area contributed by atoms with Gasteiger partial charge in [0.2, 0.25) is 5.88 Å². The summed E-state index contributed by atoms with van der Waals surface area (Å²) in [6, 6.07) is 0.237. The van der Waals surface area contributed by atoms with Crippen molar-refractivity contribution in [3.05, 3.63) is 17.8 Å². The van der Waals surface area contributed by atoms with E-state index in [2.05, 4.69) is 15.7 Å². The van der Waals surface area contributed by atoms with Gasteiger partial charge in [-0.3, -0.25) is 9.59 Å². The fourth-order valence-electron chi connectivity index (χ4n) is 6.12. The van der Waals surface area contributed by atoms with E-state index in [1.54, 1.807) is 18.5 Å². The lowest BCUT2D eigenvalue weighted by Crippen LogP contribution is -2.55. The number of nitrogens with one attached hydrogen (secondary N) is 2. The normalized spacial score (nSPS) is 27.6. The molecule has 1 aromatic rings. The third-order valence-corrected chi connectivity index (χ3v) is 7.43. The molecule has 4 aliphatic carbocycles. The van der Waals surface area contributed by atoms with Crippen molar-refractivity contribution in [2.45, 2.75) is 58.1 Å². The van der Waals surface area contributed by atoms with Crippen LogP contribution in [0.1, 0.15) is 56.3 Å². The number of aromatic nitrogens is 2. The van der Waals surface area contributed by atoms with Gasteiger partial charge >= 0.3 is 0 Å². The second-order valence-corrected chi connectivity index (χ2v) is 10.5. The van der Waals surface area contributed by atoms with Crippen molar-refractivity contribution in [1.29, 1.82) is 0 Å². The van der Waals surface area contributed by atoms with Crippen LogP contribution in [0, 0.1) is 29.6 Å². The van der Waals surface area contributed by atoms with E-state index in [-0.39, 0.29) is 36.2 Å². The molecule has 0 radical (unpaired) electrons. The second-order valence-electron chi connectivity index (χ2n) is 10.5. The summed E-state index contributed by atoms with van der Waals surface area (Å²) in [4.78, 5) is 25.6. The maximum Gasteiger partial charge on any atom is 0.258 e. The molecule has 1 heterocycles. The zero-order valence-electron chi connectivity index (χ0n) is 20.9. The van der Waals surface area contributed by atoms with Gasteiger partial charge in [0.05, 0.1) is 12.8 Å². The molecule has 9 nitrogen and oxygen atoms in total. The van der Waals surface area contributed by atoms with E-state index in [0.29, 0.717) is 43.0 Å². The molecule has 1 atom stereocenters. The summed E-state index contributed by atoms with van der Waals surface area (Å²) in [5.74, 6) is 3.11. The zero-order chi connectivity index (χ0) is 24.2. The molecule has 0 aliphatic heterocycles. The SMILES string of the molecule is COC(/C=C/n1ncc(C(=O)NC2C3CC4CC(C3)CC2C4)c1OCC(C)C)C(=O)NCCN.Cl. The molecule has 0 aromatic carbocycles. The summed E-state index contributed by atoms with van der Waals surface area (Å²) in [5.41, 5.74) is 5.87. The van der Waals surface area contributed by atoms with Crippen LogP contribution in [0.2, 0.25) is 0 Å². The van der Waals surface area contributed by atoms with Gasteiger partial charge in [-0.25, -0.2) is 4.68 Å². The van der Waals surface area contributed by atoms with Crippen LogP contribution in [-0.4, -0.2) is 60.5 Å². The number of hydrogen-bond donors (Lipinski definition) is 3. The Balaban J connectivity index is 0.00000342. The van der Waals surface area contributed by atoms with Gasteiger partial charge in [-0.05, 0) is 67.8 Å². The Bertz CT molecular complexity index is 874. The zero-order valence-corrected chi connectivity index (χ0v) is 21.8. The Morgan fingerprint density at radius 1 is 1.20 bits per heavy atom. The van der Waals surface area contributed by atoms with Crippen molar-refractivity contribution < 1.29 is 19.1 Å². The Morgan fingerprint density at radius 3 is 2.43 bits per heavy atom. The molecule has 1 unspecified atom stereocenters. The lowest BCUT2D eigenvalue weighted by molar-refractivity contribution is -0.128. The Labute approximate surface area is 214 Å². The van der Waals surface area contributed by atoms with E-state index >= 15 is 0 Å². The fourth-order valence-corrected chi connectivity index (χ4v) is 6.12. The number of amides is 2. The van der Waals surface area contributed by atoms with Crippen LogP contribution in [0.4, 0.5) is 0 Å². The Morgan fingerprint density at radius 2 is 1.86 bits per heavy atom. The Hall–Kier alpha value is -2.10. The number of carbonyl (C=O) groups is 2. The minimum absolute atomic E-state index is 0. The fraction of sp³-hybridized carbons (Fsp3) is 0.720. The molecule has 5 rings (SSSR count). The summed E-state index contributed by atoms with van der Waals surface area (Å²) in [6.45, 7) is 5.26. The molecule has 2 amide bonds. The number of carbonyl (C=O) groups excluding carboxylic acids is 2. The van der Waals surface area contributed by atoms with Crippen LogP contribution in [0.3, 0.4) is 0 Å². The first-order valence-electron chi connectivity index (χ1n) is 12.6. The van der Waals surface area contributed by atoms with Gasteiger partial charge in [-0.15, -0.1) is 12.4 Å². The maximum atomic E-state index is 13.4. The van der Waals surface area contributed by atoms with Gasteiger partial charge in [0.25, 0.3) is 11.8 Å². The average molecular weight is 510 g/mol. The van der Waals surface area contributed by atoms with Crippen LogP contribution in [-0.2, 0) is 9.53 Å². The number of methoxy groups -OCH3 is 1. The van der Waals surface area contributed by atoms with Gasteiger partial charge in [0.15, 0.2) is 6.10 Å². The third kappa shape index (κ3) is 6.37. The molecule has 35 heavy (non-hydrogen) atoms. The van der Waals surface area contributed by atoms with Crippen LogP contribution in [0.15, 0.2) is 12.3 Å². The highest BCUT2D eigenvalue weighted by Gasteiger charge is 2.48. The molecule has 1 aromatic heterocycles. The van der Waals surface area contributed by atoms with Gasteiger partial charge in [0, 0.05) is 32.4 Å². The predicted molar refractivity (Wildman–Crippen MR) is 136 cm³/mol. The number of nitrogens with two attached hydrogens (primary N) is 1. The molecule has 196 valence electrons. The van der Waals surface area contributed by atoms with Crippen molar-refractivity contribution in [2.24, 2.45) is 35.3 Å². The second kappa shape index (κ2) is 12.2. The quantitative estimate of drug-likeness (QED) is 0.421. The van der Waals surface area contributed by atoms with E-state index in [4.69, 9.17) is 15.2 Å². The minimum Gasteiger partial charge on any atom is -0.477 e. The van der Waals surface area contributed by atoms with Crippen LogP contribution >= 0.6 is 12.4 Å². The van der Waals surface area contributed by atoms with Crippen molar-refractivity contribution in [2.75, 3.05) is 26.8 Å². The number of hydrogen-bond acceptors (Lipinski definition) is 6.